The third kappa shape index (κ3) is 3.86. The molecule has 0 saturated heterocycles. The molecule has 0 N–H and O–H groups in total. The highest BCUT2D eigenvalue weighted by atomic mass is 15.0. The first-order valence-corrected chi connectivity index (χ1v) is 17.4. The molecule has 3 nitrogen and oxygen atoms in total. The lowest BCUT2D eigenvalue weighted by Crippen LogP contribution is -2.50. The average molecular weight is 610 g/mol. The van der Waals surface area contributed by atoms with Gasteiger partial charge in [-0.25, -0.2) is 0 Å². The highest BCUT2D eigenvalue weighted by Crippen LogP contribution is 2.45. The maximum Gasteiger partial charge on any atom is 0.213 e. The zero-order chi connectivity index (χ0) is 31.4. The molecule has 0 bridgehead atoms. The monoisotopic (exact) mass is 609 g/mol. The van der Waals surface area contributed by atoms with Crippen molar-refractivity contribution in [2.24, 2.45) is 0 Å². The fourth-order valence-electron chi connectivity index (χ4n) is 9.16. The molecule has 47 heavy (non-hydrogen) atoms. The summed E-state index contributed by atoms with van der Waals surface area (Å²) >= 11 is 0. The molecular weight excluding hydrogens is 571 g/mol. The van der Waals surface area contributed by atoms with E-state index >= 15 is 0 Å². The van der Waals surface area contributed by atoms with Crippen LogP contribution in [0.1, 0.15) is 66.8 Å². The van der Waals surface area contributed by atoms with Crippen molar-refractivity contribution in [3.63, 3.8) is 0 Å². The minimum absolute atomic E-state index is 0.406. The summed E-state index contributed by atoms with van der Waals surface area (Å²) in [5, 5.41) is 5.47. The predicted octanol–water partition coefficient (Wildman–Crippen LogP) is 9.85. The molecule has 8 aromatic rings. The highest BCUT2D eigenvalue weighted by Gasteiger charge is 2.41. The van der Waals surface area contributed by atoms with Gasteiger partial charge < -0.3 is 4.40 Å². The Morgan fingerprint density at radius 3 is 2.40 bits per heavy atom. The minimum Gasteiger partial charge on any atom is -0.308 e. The second-order valence-corrected chi connectivity index (χ2v) is 14.4. The number of aromatic nitrogens is 3. The molecule has 0 radical (unpaired) electrons. The van der Waals surface area contributed by atoms with Crippen LogP contribution in [-0.2, 0) is 13.0 Å². The fourth-order valence-corrected chi connectivity index (χ4v) is 9.16. The van der Waals surface area contributed by atoms with Gasteiger partial charge in [0.05, 0.1) is 28.5 Å². The van der Waals surface area contributed by atoms with E-state index in [-0.39, 0.29) is 0 Å². The van der Waals surface area contributed by atoms with Gasteiger partial charge in [0.1, 0.15) is 0 Å². The van der Waals surface area contributed by atoms with E-state index in [9.17, 15) is 0 Å². The Labute approximate surface area is 275 Å². The summed E-state index contributed by atoms with van der Waals surface area (Å²) in [7, 11) is 0. The fraction of sp³-hybridized carbons (Fsp3) is 0.227. The molecule has 0 aliphatic carbocycles. The summed E-state index contributed by atoms with van der Waals surface area (Å²) in [5.74, 6) is 0.912. The van der Waals surface area contributed by atoms with Crippen molar-refractivity contribution >= 4 is 38.1 Å². The van der Waals surface area contributed by atoms with Gasteiger partial charge in [-0.1, -0.05) is 50.2 Å². The zero-order valence-electron chi connectivity index (χ0n) is 27.4. The third-order valence-corrected chi connectivity index (χ3v) is 11.4. The molecule has 6 heterocycles. The molecule has 0 saturated carbocycles. The lowest BCUT2D eigenvalue weighted by atomic mass is 9.77. The van der Waals surface area contributed by atoms with Crippen molar-refractivity contribution in [3.8, 4) is 22.5 Å². The average Bonchev–Trinajstić information content (AvgIpc) is 3.60. The van der Waals surface area contributed by atoms with Crippen LogP contribution in [0.15, 0.2) is 116 Å². The largest absolute Gasteiger partial charge is 0.308 e. The number of fused-ring (bicyclic) bond motifs is 15. The van der Waals surface area contributed by atoms with E-state index in [2.05, 4.69) is 150 Å². The minimum atomic E-state index is 0.406. The Bertz CT molecular complexity index is 2530. The van der Waals surface area contributed by atoms with E-state index in [0.29, 0.717) is 17.9 Å². The molecule has 4 aromatic heterocycles. The van der Waals surface area contributed by atoms with Crippen molar-refractivity contribution in [2.45, 2.75) is 64.5 Å². The lowest BCUT2D eigenvalue weighted by Gasteiger charge is -2.31. The first kappa shape index (κ1) is 27.1. The highest BCUT2D eigenvalue weighted by molar-refractivity contribution is 6.24. The summed E-state index contributed by atoms with van der Waals surface area (Å²) in [6.07, 6.45) is 7.95. The van der Waals surface area contributed by atoms with Gasteiger partial charge in [0.15, 0.2) is 25.0 Å². The molecule has 2 unspecified atom stereocenters. The second kappa shape index (κ2) is 9.99. The van der Waals surface area contributed by atoms with Crippen molar-refractivity contribution in [1.82, 2.24) is 4.40 Å². The first-order valence-electron chi connectivity index (χ1n) is 17.4. The quantitative estimate of drug-likeness (QED) is 0.164. The van der Waals surface area contributed by atoms with E-state index in [1.54, 1.807) is 0 Å². The number of nitrogens with zero attached hydrogens (tertiary/aromatic N) is 3. The smallest absolute Gasteiger partial charge is 0.213 e. The molecule has 0 amide bonds. The topological polar surface area (TPSA) is 12.2 Å². The number of aryl methyl sites for hydroxylation is 3. The lowest BCUT2D eigenvalue weighted by molar-refractivity contribution is -0.738. The van der Waals surface area contributed by atoms with Crippen LogP contribution in [0.5, 0.6) is 0 Å². The Morgan fingerprint density at radius 2 is 1.51 bits per heavy atom. The van der Waals surface area contributed by atoms with Crippen LogP contribution in [0.2, 0.25) is 0 Å². The van der Waals surface area contributed by atoms with Crippen LogP contribution in [0.4, 0.5) is 0 Å². The molecule has 228 valence electrons. The summed E-state index contributed by atoms with van der Waals surface area (Å²) in [6, 6.07) is 40.0. The van der Waals surface area contributed by atoms with Gasteiger partial charge in [-0.2, -0.15) is 9.13 Å². The first-order chi connectivity index (χ1) is 23.0. The molecular formula is C44H39N3+2. The molecule has 4 aromatic carbocycles. The molecule has 2 aliphatic rings. The van der Waals surface area contributed by atoms with Crippen molar-refractivity contribution in [2.75, 3.05) is 0 Å². The number of para-hydroxylation sites is 1. The zero-order valence-corrected chi connectivity index (χ0v) is 27.4. The standard InChI is InChI=1S/C44H39N3/c1-27(2)30-22-37-33-12-6-7-14-42(33)47-43-24-29-16-17-34-31-10-4-5-11-32(31)40-18-15-28(3)26-46(40)41(34)19-21-45-20-9-8-13-39(45)35(29)25-36(43)38(23-30)44(37)47/h4-15,18,20,22-27,34,41H,16-17,19,21H2,1-3H3/q+2. The maximum atomic E-state index is 2.61. The van der Waals surface area contributed by atoms with Gasteiger partial charge in [0, 0.05) is 56.8 Å². The Kier molecular flexibility index (Phi) is 5.76. The van der Waals surface area contributed by atoms with Crippen LogP contribution in [-0.4, -0.2) is 4.40 Å². The van der Waals surface area contributed by atoms with Gasteiger partial charge in [0.2, 0.25) is 11.4 Å². The van der Waals surface area contributed by atoms with Crippen LogP contribution in [0.3, 0.4) is 0 Å². The Morgan fingerprint density at radius 1 is 0.702 bits per heavy atom. The SMILES string of the molecule is Cc1ccc2[n+](c1)C1CC[n+]3ccccc3-c3cc4c5cc(C(C)C)cc6c7ccccc7n(c4cc3CCC1c1ccccc1-2)c65. The maximum absolute atomic E-state index is 2.61. The predicted molar refractivity (Wildman–Crippen MR) is 192 cm³/mol. The molecule has 3 heteroatoms. The third-order valence-electron chi connectivity index (χ3n) is 11.4. The van der Waals surface area contributed by atoms with E-state index in [0.717, 1.165) is 25.8 Å². The van der Waals surface area contributed by atoms with E-state index in [4.69, 9.17) is 0 Å². The van der Waals surface area contributed by atoms with Gasteiger partial charge in [-0.3, -0.25) is 0 Å². The number of rotatable bonds is 1. The van der Waals surface area contributed by atoms with E-state index in [1.165, 1.54) is 82.9 Å². The number of benzene rings is 4. The van der Waals surface area contributed by atoms with E-state index < -0.39 is 0 Å². The van der Waals surface area contributed by atoms with Crippen molar-refractivity contribution < 1.29 is 9.13 Å². The number of pyridine rings is 2. The van der Waals surface area contributed by atoms with Crippen LogP contribution in [0.25, 0.3) is 60.6 Å². The van der Waals surface area contributed by atoms with Crippen LogP contribution < -0.4 is 9.13 Å². The Hall–Kier alpha value is -5.02. The molecule has 2 atom stereocenters. The van der Waals surface area contributed by atoms with E-state index in [1.807, 2.05) is 0 Å². The molecule has 0 fully saturated rings. The van der Waals surface area contributed by atoms with Gasteiger partial charge in [-0.15, -0.1) is 0 Å². The summed E-state index contributed by atoms with van der Waals surface area (Å²) in [6.45, 7) is 7.84. The van der Waals surface area contributed by atoms with Crippen molar-refractivity contribution in [1.29, 1.82) is 0 Å². The van der Waals surface area contributed by atoms with Gasteiger partial charge >= 0.3 is 0 Å². The number of hydrogen-bond acceptors (Lipinski definition) is 0. The normalized spacial score (nSPS) is 17.5. The van der Waals surface area contributed by atoms with Gasteiger partial charge in [0.25, 0.3) is 0 Å². The molecule has 10 rings (SSSR count). The van der Waals surface area contributed by atoms with Crippen molar-refractivity contribution in [3.05, 3.63) is 138 Å². The van der Waals surface area contributed by atoms with Crippen LogP contribution >= 0.6 is 0 Å². The summed E-state index contributed by atoms with van der Waals surface area (Å²) in [5.41, 5.74) is 15.2. The molecule has 0 spiro atoms. The Balaban J connectivity index is 1.24. The summed E-state index contributed by atoms with van der Waals surface area (Å²) in [4.78, 5) is 0. The second-order valence-electron chi connectivity index (χ2n) is 14.4. The van der Waals surface area contributed by atoms with Gasteiger partial charge in [-0.05, 0) is 90.9 Å². The molecule has 2 aliphatic heterocycles. The van der Waals surface area contributed by atoms with Crippen LogP contribution in [0, 0.1) is 6.92 Å². The summed E-state index contributed by atoms with van der Waals surface area (Å²) < 4.78 is 7.70. The number of hydrogen-bond donors (Lipinski definition) is 0.